The molecule has 0 unspecified atom stereocenters. The summed E-state index contributed by atoms with van der Waals surface area (Å²) in [5.41, 5.74) is 1.38. The molecule has 0 aromatic heterocycles. The van der Waals surface area contributed by atoms with Crippen molar-refractivity contribution in [1.29, 1.82) is 0 Å². The van der Waals surface area contributed by atoms with E-state index in [-0.39, 0.29) is 11.2 Å². The highest BCUT2D eigenvalue weighted by atomic mass is 19.1. The Bertz CT molecular complexity index is 503. The van der Waals surface area contributed by atoms with Crippen LogP contribution in [0, 0.1) is 5.82 Å². The Labute approximate surface area is 126 Å². The maximum atomic E-state index is 13.2. The van der Waals surface area contributed by atoms with Crippen molar-refractivity contribution in [2.45, 2.75) is 37.5 Å². The molecule has 3 rings (SSSR count). The van der Waals surface area contributed by atoms with Crippen molar-refractivity contribution < 1.29 is 4.39 Å². The second-order valence-electron chi connectivity index (χ2n) is 6.33. The van der Waals surface area contributed by atoms with Crippen molar-refractivity contribution in [3.8, 4) is 0 Å². The smallest absolute Gasteiger partial charge is 0.193 e. The molecule has 114 valence electrons. The average Bonchev–Trinajstić information content (AvgIpc) is 2.92. The molecule has 1 aromatic carbocycles. The summed E-state index contributed by atoms with van der Waals surface area (Å²) in [6, 6.07) is 7.10. The molecule has 1 aliphatic carbocycles. The third kappa shape index (κ3) is 3.04. The van der Waals surface area contributed by atoms with Crippen LogP contribution >= 0.6 is 0 Å². The van der Waals surface area contributed by atoms with Gasteiger partial charge in [0.15, 0.2) is 5.96 Å². The summed E-state index contributed by atoms with van der Waals surface area (Å²) in [5, 5.41) is 3.54. The van der Waals surface area contributed by atoms with Gasteiger partial charge >= 0.3 is 0 Å². The predicted molar refractivity (Wildman–Crippen MR) is 84.1 cm³/mol. The van der Waals surface area contributed by atoms with Gasteiger partial charge in [-0.25, -0.2) is 4.39 Å². The van der Waals surface area contributed by atoms with Gasteiger partial charge < -0.3 is 10.2 Å². The van der Waals surface area contributed by atoms with E-state index in [1.54, 1.807) is 12.1 Å². The van der Waals surface area contributed by atoms with Gasteiger partial charge in [0, 0.05) is 25.6 Å². The van der Waals surface area contributed by atoms with Gasteiger partial charge in [0.1, 0.15) is 5.82 Å². The average molecular weight is 289 g/mol. The van der Waals surface area contributed by atoms with Crippen LogP contribution in [0.25, 0.3) is 0 Å². The van der Waals surface area contributed by atoms with Crippen LogP contribution in [0.15, 0.2) is 29.3 Å². The van der Waals surface area contributed by atoms with Crippen molar-refractivity contribution in [3.05, 3.63) is 35.6 Å². The molecule has 1 fully saturated rings. The van der Waals surface area contributed by atoms with Crippen LogP contribution in [0.1, 0.15) is 37.7 Å². The lowest BCUT2D eigenvalue weighted by Gasteiger charge is -2.38. The summed E-state index contributed by atoms with van der Waals surface area (Å²) in [6.07, 6.45) is 6.15. The highest BCUT2D eigenvalue weighted by Gasteiger charge is 2.34. The standard InChI is InChI=1S/C17H24FN3/c1-21-12-11-19-16(21)20-13-17(9-3-2-4-10-17)14-5-7-15(18)8-6-14/h5-8H,2-4,9-13H2,1H3,(H,19,20). The minimum atomic E-state index is -0.155. The summed E-state index contributed by atoms with van der Waals surface area (Å²) < 4.78 is 13.2. The molecule has 4 heteroatoms. The molecule has 3 nitrogen and oxygen atoms in total. The quantitative estimate of drug-likeness (QED) is 0.926. The van der Waals surface area contributed by atoms with E-state index >= 15 is 0 Å². The van der Waals surface area contributed by atoms with E-state index in [0.29, 0.717) is 0 Å². The summed E-state index contributed by atoms with van der Waals surface area (Å²) in [5.74, 6) is 0.847. The van der Waals surface area contributed by atoms with Gasteiger partial charge in [0.25, 0.3) is 0 Å². The van der Waals surface area contributed by atoms with Gasteiger partial charge in [-0.1, -0.05) is 31.4 Å². The number of halogens is 1. The molecular formula is C17H24FN3. The van der Waals surface area contributed by atoms with Gasteiger partial charge in [0.05, 0.1) is 6.54 Å². The number of aliphatic imine (C=N–C) groups is 1. The van der Waals surface area contributed by atoms with Crippen LogP contribution in [-0.4, -0.2) is 37.5 Å². The molecule has 1 aromatic rings. The molecule has 0 bridgehead atoms. The van der Waals surface area contributed by atoms with E-state index < -0.39 is 0 Å². The zero-order chi connectivity index (χ0) is 14.7. The second-order valence-corrected chi connectivity index (χ2v) is 6.33. The van der Waals surface area contributed by atoms with E-state index in [1.807, 2.05) is 12.1 Å². The number of benzene rings is 1. The zero-order valence-corrected chi connectivity index (χ0v) is 12.7. The van der Waals surface area contributed by atoms with Gasteiger partial charge in [-0.3, -0.25) is 4.99 Å². The number of likely N-dealkylation sites (N-methyl/N-ethyl adjacent to an activating group) is 1. The summed E-state index contributed by atoms with van der Waals surface area (Å²) >= 11 is 0. The molecule has 2 aliphatic rings. The minimum absolute atomic E-state index is 0.123. The van der Waals surface area contributed by atoms with Crippen molar-refractivity contribution in [3.63, 3.8) is 0 Å². The highest BCUT2D eigenvalue weighted by molar-refractivity contribution is 5.81. The van der Waals surface area contributed by atoms with E-state index in [0.717, 1.165) is 25.6 Å². The van der Waals surface area contributed by atoms with Crippen molar-refractivity contribution >= 4 is 5.96 Å². The van der Waals surface area contributed by atoms with Crippen LogP contribution in [0.4, 0.5) is 4.39 Å². The van der Waals surface area contributed by atoms with Gasteiger partial charge in [-0.05, 0) is 30.5 Å². The maximum absolute atomic E-state index is 13.2. The largest absolute Gasteiger partial charge is 0.355 e. The Morgan fingerprint density at radius 1 is 1.19 bits per heavy atom. The predicted octanol–water partition coefficient (Wildman–Crippen LogP) is 2.92. The molecule has 1 heterocycles. The lowest BCUT2D eigenvalue weighted by Crippen LogP contribution is -2.45. The highest BCUT2D eigenvalue weighted by Crippen LogP contribution is 2.39. The van der Waals surface area contributed by atoms with Gasteiger partial charge in [-0.15, -0.1) is 0 Å². The normalized spacial score (nSPS) is 21.2. The molecule has 0 amide bonds. The van der Waals surface area contributed by atoms with Crippen LogP contribution < -0.4 is 5.32 Å². The topological polar surface area (TPSA) is 27.6 Å². The molecular weight excluding hydrogens is 265 g/mol. The fourth-order valence-corrected chi connectivity index (χ4v) is 3.57. The number of hydrogen-bond donors (Lipinski definition) is 1. The molecule has 1 N–H and O–H groups in total. The van der Waals surface area contributed by atoms with Crippen molar-refractivity contribution in [2.75, 3.05) is 26.7 Å². The van der Waals surface area contributed by atoms with Gasteiger partial charge in [-0.2, -0.15) is 0 Å². The monoisotopic (exact) mass is 289 g/mol. The van der Waals surface area contributed by atoms with E-state index in [2.05, 4.69) is 22.3 Å². The Balaban J connectivity index is 1.78. The maximum Gasteiger partial charge on any atom is 0.193 e. The van der Waals surface area contributed by atoms with Gasteiger partial charge in [0.2, 0.25) is 0 Å². The molecule has 0 radical (unpaired) electrons. The Morgan fingerprint density at radius 3 is 2.52 bits per heavy atom. The second kappa shape index (κ2) is 6.04. The third-order valence-corrected chi connectivity index (χ3v) is 4.91. The molecule has 0 saturated heterocycles. The number of nitrogens with zero attached hydrogens (tertiary/aromatic N) is 2. The Kier molecular flexibility index (Phi) is 4.13. The van der Waals surface area contributed by atoms with Crippen molar-refractivity contribution in [1.82, 2.24) is 10.2 Å². The summed E-state index contributed by atoms with van der Waals surface area (Å²) in [7, 11) is 2.07. The number of guanidine groups is 1. The lowest BCUT2D eigenvalue weighted by atomic mass is 9.69. The number of rotatable bonds is 3. The van der Waals surface area contributed by atoms with Crippen molar-refractivity contribution in [2.24, 2.45) is 4.99 Å². The van der Waals surface area contributed by atoms with E-state index in [9.17, 15) is 4.39 Å². The van der Waals surface area contributed by atoms with Crippen LogP contribution in [-0.2, 0) is 5.41 Å². The molecule has 0 atom stereocenters. The first-order valence-corrected chi connectivity index (χ1v) is 7.95. The third-order valence-electron chi connectivity index (χ3n) is 4.91. The number of nitrogens with one attached hydrogen (secondary N) is 1. The molecule has 0 spiro atoms. The summed E-state index contributed by atoms with van der Waals surface area (Å²) in [4.78, 5) is 6.68. The molecule has 1 aliphatic heterocycles. The fraction of sp³-hybridized carbons (Fsp3) is 0.588. The molecule has 1 saturated carbocycles. The van der Waals surface area contributed by atoms with E-state index in [1.165, 1.54) is 37.7 Å². The van der Waals surface area contributed by atoms with Crippen LogP contribution in [0.3, 0.4) is 0 Å². The SMILES string of the molecule is CN1CCN=C1NCC1(c2ccc(F)cc2)CCCCC1. The van der Waals surface area contributed by atoms with Crippen LogP contribution in [0.2, 0.25) is 0 Å². The first-order valence-electron chi connectivity index (χ1n) is 7.95. The minimum Gasteiger partial charge on any atom is -0.355 e. The van der Waals surface area contributed by atoms with Crippen LogP contribution in [0.5, 0.6) is 0 Å². The lowest BCUT2D eigenvalue weighted by molar-refractivity contribution is 0.289. The Hall–Kier alpha value is -1.58. The summed E-state index contributed by atoms with van der Waals surface area (Å²) in [6.45, 7) is 2.76. The first-order chi connectivity index (χ1) is 10.2. The van der Waals surface area contributed by atoms with E-state index in [4.69, 9.17) is 0 Å². The molecule has 21 heavy (non-hydrogen) atoms. The Morgan fingerprint density at radius 2 is 1.90 bits per heavy atom. The zero-order valence-electron chi connectivity index (χ0n) is 12.7. The number of hydrogen-bond acceptors (Lipinski definition) is 3. The first kappa shape index (κ1) is 14.4. The fourth-order valence-electron chi connectivity index (χ4n) is 3.57.